The molecule has 0 spiro atoms. The summed E-state index contributed by atoms with van der Waals surface area (Å²) in [4.78, 5) is 29.3. The van der Waals surface area contributed by atoms with Gasteiger partial charge in [0.15, 0.2) is 0 Å². The Morgan fingerprint density at radius 2 is 1.03 bits per heavy atom. The molecule has 0 aliphatic heterocycles. The normalized spacial score (nSPS) is 45.8. The molecule has 0 radical (unpaired) electrons. The van der Waals surface area contributed by atoms with E-state index in [1.54, 1.807) is 0 Å². The van der Waals surface area contributed by atoms with Crippen LogP contribution in [0, 0.1) is 69.0 Å². The molecule has 2 aromatic heterocycles. The van der Waals surface area contributed by atoms with Crippen molar-refractivity contribution in [3.63, 3.8) is 0 Å². The topological polar surface area (TPSA) is 131 Å². The largest absolute Gasteiger partial charge is 0.472 e. The van der Waals surface area contributed by atoms with Crippen LogP contribution in [-0.4, -0.2) is 59.2 Å². The van der Waals surface area contributed by atoms with E-state index in [0.29, 0.717) is 82.8 Å². The van der Waals surface area contributed by atoms with Gasteiger partial charge in [0.1, 0.15) is 12.2 Å². The predicted molar refractivity (Wildman–Crippen MR) is 257 cm³/mol. The standard InChI is InChI=1S/C54H80N2O6S2/c1-51-19-15-45-39(43(51)13-11-41(51)33-17-23-59-31-33)9-7-35-27-37(63-25-5-21-55)29-47(53(35,45)3)61-49(57)50(58)62-48-30-38(64-26-6-22-56)28-36-8-10-40-44-14-12-42(34-18-24-60-32-34)52(44,2)20-16-46(40)54(36,48)4/h17-18,23-24,31-32,35-48H,5-16,19-22,25-30,55-56H2,1-4H3. The van der Waals surface area contributed by atoms with Crippen molar-refractivity contribution in [2.75, 3.05) is 24.6 Å². The van der Waals surface area contributed by atoms with Crippen LogP contribution in [0.3, 0.4) is 0 Å². The van der Waals surface area contributed by atoms with E-state index in [1.807, 2.05) is 48.6 Å². The first-order chi connectivity index (χ1) is 30.9. The molecule has 8 saturated carbocycles. The van der Waals surface area contributed by atoms with Gasteiger partial charge in [0.05, 0.1) is 25.1 Å². The van der Waals surface area contributed by atoms with Gasteiger partial charge in [0, 0.05) is 21.3 Å². The molecule has 8 nitrogen and oxygen atoms in total. The summed E-state index contributed by atoms with van der Waals surface area (Å²) in [5.74, 6) is 6.00. The Kier molecular flexibility index (Phi) is 13.1. The van der Waals surface area contributed by atoms with Crippen LogP contribution < -0.4 is 11.5 Å². The molecule has 8 fully saturated rings. The van der Waals surface area contributed by atoms with Gasteiger partial charge in [-0.15, -0.1) is 0 Å². The highest BCUT2D eigenvalue weighted by molar-refractivity contribution is 8.00. The fraction of sp³-hybridized carbons (Fsp3) is 0.815. The molecule has 0 saturated heterocycles. The van der Waals surface area contributed by atoms with E-state index < -0.39 is 11.9 Å². The quantitative estimate of drug-likeness (QED) is 0.121. The van der Waals surface area contributed by atoms with Gasteiger partial charge in [-0.3, -0.25) is 0 Å². The van der Waals surface area contributed by atoms with Crippen LogP contribution in [0.5, 0.6) is 0 Å². The Balaban J connectivity index is 0.894. The molecule has 0 bridgehead atoms. The molecule has 2 heterocycles. The summed E-state index contributed by atoms with van der Waals surface area (Å²) in [6.45, 7) is 11.5. The number of esters is 2. The molecule has 2 aromatic rings. The number of thioether (sulfide) groups is 2. The lowest BCUT2D eigenvalue weighted by molar-refractivity contribution is -0.208. The number of hydrogen-bond donors (Lipinski definition) is 2. The summed E-state index contributed by atoms with van der Waals surface area (Å²) >= 11 is 4.02. The highest BCUT2D eigenvalue weighted by atomic mass is 32.2. The number of ether oxygens (including phenoxy) is 2. The van der Waals surface area contributed by atoms with E-state index in [2.05, 4.69) is 39.8 Å². The zero-order valence-corrected chi connectivity index (χ0v) is 41.2. The Morgan fingerprint density at radius 3 is 1.42 bits per heavy atom. The van der Waals surface area contributed by atoms with E-state index >= 15 is 0 Å². The van der Waals surface area contributed by atoms with Crippen molar-refractivity contribution in [3.8, 4) is 0 Å². The molecule has 18 atom stereocenters. The lowest BCUT2D eigenvalue weighted by Gasteiger charge is -2.63. The van der Waals surface area contributed by atoms with Crippen LogP contribution in [0.25, 0.3) is 0 Å². The first-order valence-electron chi connectivity index (χ1n) is 26.0. The molecule has 18 unspecified atom stereocenters. The molecule has 0 amide bonds. The van der Waals surface area contributed by atoms with Crippen LogP contribution in [0.15, 0.2) is 46.0 Å². The minimum Gasteiger partial charge on any atom is -0.472 e. The lowest BCUT2D eigenvalue weighted by atomic mass is 9.44. The second kappa shape index (κ2) is 18.2. The molecule has 8 aliphatic carbocycles. The van der Waals surface area contributed by atoms with Gasteiger partial charge >= 0.3 is 11.9 Å². The molecular formula is C54H80N2O6S2. The van der Waals surface area contributed by atoms with Crippen molar-refractivity contribution in [2.45, 2.75) is 178 Å². The fourth-order valence-corrected chi connectivity index (χ4v) is 20.9. The van der Waals surface area contributed by atoms with E-state index in [-0.39, 0.29) is 33.9 Å². The van der Waals surface area contributed by atoms with E-state index in [1.165, 1.54) is 75.3 Å². The van der Waals surface area contributed by atoms with Gasteiger partial charge in [-0.05, 0) is 233 Å². The average Bonchev–Trinajstić information content (AvgIpc) is 4.11. The van der Waals surface area contributed by atoms with Crippen molar-refractivity contribution in [1.82, 2.24) is 0 Å². The van der Waals surface area contributed by atoms with E-state index in [4.69, 9.17) is 29.8 Å². The third-order valence-electron chi connectivity index (χ3n) is 21.3. The summed E-state index contributed by atoms with van der Waals surface area (Å²) in [5.41, 5.74) is 14.8. The van der Waals surface area contributed by atoms with Gasteiger partial charge in [0.2, 0.25) is 0 Å². The number of carbonyl (C=O) groups is 2. The zero-order valence-electron chi connectivity index (χ0n) is 39.5. The molecule has 64 heavy (non-hydrogen) atoms. The smallest absolute Gasteiger partial charge is 0.417 e. The lowest BCUT2D eigenvalue weighted by Crippen LogP contribution is -2.61. The van der Waals surface area contributed by atoms with E-state index in [0.717, 1.165) is 62.9 Å². The Morgan fingerprint density at radius 1 is 0.594 bits per heavy atom. The summed E-state index contributed by atoms with van der Waals surface area (Å²) in [7, 11) is 0. The number of fused-ring (bicyclic) bond motifs is 10. The molecule has 0 aromatic carbocycles. The Bertz CT molecular complexity index is 1790. The molecular weight excluding hydrogens is 837 g/mol. The first kappa shape index (κ1) is 45.9. The van der Waals surface area contributed by atoms with Crippen molar-refractivity contribution in [1.29, 1.82) is 0 Å². The maximum absolute atomic E-state index is 14.7. The molecule has 8 aliphatic rings. The Hall–Kier alpha value is -1.88. The van der Waals surface area contributed by atoms with Crippen LogP contribution in [0.2, 0.25) is 0 Å². The summed E-state index contributed by atoms with van der Waals surface area (Å²) in [5, 5.41) is 0.787. The van der Waals surface area contributed by atoms with Gasteiger partial charge in [-0.1, -0.05) is 27.7 Å². The SMILES string of the molecule is CC12CCC3C(CCC4CC(SCCCN)CC(OC(=O)C(=O)OC5CC(SCCCN)CC6CCC7C8CCC(c9ccoc9)C8(C)CCC7C65C)C43C)C1CCC2c1ccoc1. The number of nitrogens with two attached hydrogens (primary N) is 2. The summed E-state index contributed by atoms with van der Waals surface area (Å²) in [6.07, 6.45) is 27.4. The van der Waals surface area contributed by atoms with Gasteiger partial charge < -0.3 is 29.8 Å². The highest BCUT2D eigenvalue weighted by Gasteiger charge is 2.66. The molecule has 10 heteroatoms. The van der Waals surface area contributed by atoms with Gasteiger partial charge in [-0.25, -0.2) is 9.59 Å². The second-order valence-electron chi connectivity index (χ2n) is 23.5. The summed E-state index contributed by atoms with van der Waals surface area (Å²) in [6, 6.07) is 4.39. The fourth-order valence-electron chi connectivity index (χ4n) is 18.2. The van der Waals surface area contributed by atoms with Crippen molar-refractivity contribution < 1.29 is 27.9 Å². The number of hydrogen-bond acceptors (Lipinski definition) is 10. The maximum atomic E-state index is 14.7. The van der Waals surface area contributed by atoms with Gasteiger partial charge in [0.25, 0.3) is 0 Å². The summed E-state index contributed by atoms with van der Waals surface area (Å²) < 4.78 is 24.8. The molecule has 10 rings (SSSR count). The minimum absolute atomic E-state index is 0.174. The Labute approximate surface area is 392 Å². The zero-order chi connectivity index (χ0) is 44.4. The second-order valence-corrected chi connectivity index (χ2v) is 26.3. The van der Waals surface area contributed by atoms with Crippen molar-refractivity contribution in [3.05, 3.63) is 48.3 Å². The van der Waals surface area contributed by atoms with Crippen LogP contribution in [0.1, 0.15) is 166 Å². The maximum Gasteiger partial charge on any atom is 0.417 e. The molecule has 354 valence electrons. The minimum atomic E-state index is -0.748. The van der Waals surface area contributed by atoms with Crippen LogP contribution in [-0.2, 0) is 19.1 Å². The number of carbonyl (C=O) groups excluding carboxylic acids is 2. The molecule has 4 N–H and O–H groups in total. The van der Waals surface area contributed by atoms with Crippen LogP contribution in [0.4, 0.5) is 0 Å². The average molecular weight is 917 g/mol. The third-order valence-corrected chi connectivity index (χ3v) is 24.1. The first-order valence-corrected chi connectivity index (χ1v) is 28.1. The number of rotatable bonds is 12. The third kappa shape index (κ3) is 7.61. The van der Waals surface area contributed by atoms with Crippen LogP contribution >= 0.6 is 23.5 Å². The van der Waals surface area contributed by atoms with E-state index in [9.17, 15) is 9.59 Å². The van der Waals surface area contributed by atoms with Crippen molar-refractivity contribution in [2.24, 2.45) is 80.5 Å². The highest BCUT2D eigenvalue weighted by Crippen LogP contribution is 2.71. The van der Waals surface area contributed by atoms with Crippen molar-refractivity contribution >= 4 is 35.5 Å². The monoisotopic (exact) mass is 917 g/mol. The number of furan rings is 2. The van der Waals surface area contributed by atoms with Gasteiger partial charge in [-0.2, -0.15) is 23.5 Å². The predicted octanol–water partition coefficient (Wildman–Crippen LogP) is 11.8.